The number of aryl methyl sites for hydroxylation is 1. The molecule has 4 heteroatoms. The van der Waals surface area contributed by atoms with E-state index in [1.165, 1.54) is 0 Å². The lowest BCUT2D eigenvalue weighted by atomic mass is 10.0. The topological polar surface area (TPSA) is 29.1 Å². The van der Waals surface area contributed by atoms with Crippen molar-refractivity contribution in [1.82, 2.24) is 5.32 Å². The van der Waals surface area contributed by atoms with Crippen LogP contribution in [0.25, 0.3) is 0 Å². The van der Waals surface area contributed by atoms with Gasteiger partial charge >= 0.3 is 0 Å². The van der Waals surface area contributed by atoms with E-state index >= 15 is 0 Å². The average molecular weight is 363 g/mol. The van der Waals surface area contributed by atoms with Crippen LogP contribution in [0.2, 0.25) is 0 Å². The first-order valence-corrected chi connectivity index (χ1v) is 7.42. The minimum absolute atomic E-state index is 0.0356. The van der Waals surface area contributed by atoms with E-state index in [-0.39, 0.29) is 11.4 Å². The standard InChI is InChI=1S/C13H17Br2NO/c1-9-5-4-6-10(11(9)15)12(17)16-13(2,3)7-8-14/h4-6H,7-8H2,1-3H3,(H,16,17). The lowest BCUT2D eigenvalue weighted by Crippen LogP contribution is -2.43. The fourth-order valence-electron chi connectivity index (χ4n) is 1.50. The van der Waals surface area contributed by atoms with Crippen LogP contribution in [0.15, 0.2) is 22.7 Å². The molecule has 1 amide bonds. The quantitative estimate of drug-likeness (QED) is 0.804. The van der Waals surface area contributed by atoms with Gasteiger partial charge in [0.15, 0.2) is 0 Å². The summed E-state index contributed by atoms with van der Waals surface area (Å²) in [4.78, 5) is 12.2. The van der Waals surface area contributed by atoms with Crippen molar-refractivity contribution in [3.8, 4) is 0 Å². The molecule has 0 aromatic heterocycles. The lowest BCUT2D eigenvalue weighted by molar-refractivity contribution is 0.0911. The Hall–Kier alpha value is -0.350. The Morgan fingerprint density at radius 3 is 2.65 bits per heavy atom. The predicted octanol–water partition coefficient (Wildman–Crippen LogP) is 4.05. The Bertz CT molecular complexity index is 416. The van der Waals surface area contributed by atoms with Gasteiger partial charge in [0, 0.05) is 15.3 Å². The van der Waals surface area contributed by atoms with Crippen molar-refractivity contribution in [2.45, 2.75) is 32.7 Å². The molecule has 0 heterocycles. The van der Waals surface area contributed by atoms with Crippen molar-refractivity contribution in [1.29, 1.82) is 0 Å². The monoisotopic (exact) mass is 361 g/mol. The number of rotatable bonds is 4. The van der Waals surface area contributed by atoms with Crippen LogP contribution in [0.1, 0.15) is 36.2 Å². The van der Waals surface area contributed by atoms with Crippen molar-refractivity contribution in [3.63, 3.8) is 0 Å². The summed E-state index contributed by atoms with van der Waals surface area (Å²) in [7, 11) is 0. The molecule has 1 rings (SSSR count). The minimum Gasteiger partial charge on any atom is -0.347 e. The smallest absolute Gasteiger partial charge is 0.252 e. The van der Waals surface area contributed by atoms with Gasteiger partial charge in [0.1, 0.15) is 0 Å². The van der Waals surface area contributed by atoms with Gasteiger partial charge in [-0.05, 0) is 54.8 Å². The fraction of sp³-hybridized carbons (Fsp3) is 0.462. The number of amides is 1. The molecule has 0 spiro atoms. The van der Waals surface area contributed by atoms with Gasteiger partial charge in [0.2, 0.25) is 0 Å². The Kier molecular flexibility index (Phi) is 5.20. The Morgan fingerprint density at radius 1 is 1.41 bits per heavy atom. The van der Waals surface area contributed by atoms with E-state index in [1.807, 2.05) is 39.0 Å². The van der Waals surface area contributed by atoms with Crippen LogP contribution >= 0.6 is 31.9 Å². The Balaban J connectivity index is 2.87. The second-order valence-corrected chi connectivity index (χ2v) is 6.30. The third kappa shape index (κ3) is 4.11. The molecule has 2 nitrogen and oxygen atoms in total. The van der Waals surface area contributed by atoms with E-state index in [0.717, 1.165) is 21.8 Å². The first-order chi connectivity index (χ1) is 7.87. The minimum atomic E-state index is -0.205. The number of carbonyl (C=O) groups is 1. The zero-order chi connectivity index (χ0) is 13.1. The molecule has 0 radical (unpaired) electrons. The Morgan fingerprint density at radius 2 is 2.06 bits per heavy atom. The average Bonchev–Trinajstić information content (AvgIpc) is 2.21. The number of halogens is 2. The third-order valence-corrected chi connectivity index (χ3v) is 4.06. The highest BCUT2D eigenvalue weighted by atomic mass is 79.9. The second kappa shape index (κ2) is 6.01. The highest BCUT2D eigenvalue weighted by Gasteiger charge is 2.21. The molecule has 0 fully saturated rings. The van der Waals surface area contributed by atoms with Gasteiger partial charge in [0.05, 0.1) is 5.56 Å². The molecule has 0 aliphatic rings. The molecule has 0 saturated carbocycles. The van der Waals surface area contributed by atoms with Gasteiger partial charge in [0.25, 0.3) is 5.91 Å². The Labute approximate surface area is 119 Å². The van der Waals surface area contributed by atoms with Crippen molar-refractivity contribution in [2.75, 3.05) is 5.33 Å². The number of benzene rings is 1. The largest absolute Gasteiger partial charge is 0.347 e. The van der Waals surface area contributed by atoms with Crippen molar-refractivity contribution < 1.29 is 4.79 Å². The fourth-order valence-corrected chi connectivity index (χ4v) is 2.93. The van der Waals surface area contributed by atoms with Crippen LogP contribution in [0.5, 0.6) is 0 Å². The normalized spacial score (nSPS) is 11.4. The molecule has 17 heavy (non-hydrogen) atoms. The molecular formula is C13H17Br2NO. The highest BCUT2D eigenvalue weighted by molar-refractivity contribution is 9.10. The maximum atomic E-state index is 12.2. The first kappa shape index (κ1) is 14.7. The van der Waals surface area contributed by atoms with Crippen LogP contribution in [0.4, 0.5) is 0 Å². The maximum absolute atomic E-state index is 12.2. The van der Waals surface area contributed by atoms with E-state index in [9.17, 15) is 4.79 Å². The summed E-state index contributed by atoms with van der Waals surface area (Å²) in [5, 5.41) is 3.91. The molecule has 0 saturated heterocycles. The van der Waals surface area contributed by atoms with Gasteiger partial charge in [-0.1, -0.05) is 28.1 Å². The summed E-state index contributed by atoms with van der Waals surface area (Å²) >= 11 is 6.85. The van der Waals surface area contributed by atoms with E-state index in [4.69, 9.17) is 0 Å². The number of alkyl halides is 1. The number of carbonyl (C=O) groups excluding carboxylic acids is 1. The molecule has 94 valence electrons. The SMILES string of the molecule is Cc1cccc(C(=O)NC(C)(C)CCBr)c1Br. The molecule has 1 N–H and O–H groups in total. The third-order valence-electron chi connectivity index (χ3n) is 2.61. The first-order valence-electron chi connectivity index (χ1n) is 5.51. The number of hydrogen-bond donors (Lipinski definition) is 1. The van der Waals surface area contributed by atoms with Crippen molar-refractivity contribution in [3.05, 3.63) is 33.8 Å². The molecule has 0 unspecified atom stereocenters. The lowest BCUT2D eigenvalue weighted by Gasteiger charge is -2.25. The summed E-state index contributed by atoms with van der Waals surface area (Å²) in [6, 6.07) is 5.70. The van der Waals surface area contributed by atoms with Gasteiger partial charge in [-0.25, -0.2) is 0 Å². The van der Waals surface area contributed by atoms with Gasteiger partial charge in [-0.2, -0.15) is 0 Å². The van der Waals surface area contributed by atoms with Crippen LogP contribution in [-0.2, 0) is 0 Å². The second-order valence-electron chi connectivity index (χ2n) is 4.71. The summed E-state index contributed by atoms with van der Waals surface area (Å²) in [5.41, 5.74) is 1.55. The molecule has 0 bridgehead atoms. The van der Waals surface area contributed by atoms with E-state index in [2.05, 4.69) is 37.2 Å². The van der Waals surface area contributed by atoms with Crippen molar-refractivity contribution in [2.24, 2.45) is 0 Å². The number of nitrogens with one attached hydrogen (secondary N) is 1. The molecule has 0 atom stereocenters. The van der Waals surface area contributed by atoms with Crippen LogP contribution in [0, 0.1) is 6.92 Å². The molecule has 1 aromatic carbocycles. The van der Waals surface area contributed by atoms with Gasteiger partial charge in [-0.3, -0.25) is 4.79 Å². The number of hydrogen-bond acceptors (Lipinski definition) is 1. The van der Waals surface area contributed by atoms with Crippen LogP contribution in [0.3, 0.4) is 0 Å². The van der Waals surface area contributed by atoms with Crippen LogP contribution < -0.4 is 5.32 Å². The van der Waals surface area contributed by atoms with E-state index in [0.29, 0.717) is 5.56 Å². The summed E-state index contributed by atoms with van der Waals surface area (Å²) < 4.78 is 0.868. The van der Waals surface area contributed by atoms with E-state index in [1.54, 1.807) is 0 Å². The van der Waals surface area contributed by atoms with E-state index < -0.39 is 0 Å². The molecule has 0 aliphatic carbocycles. The van der Waals surface area contributed by atoms with Gasteiger partial charge < -0.3 is 5.32 Å². The maximum Gasteiger partial charge on any atom is 0.252 e. The highest BCUT2D eigenvalue weighted by Crippen LogP contribution is 2.22. The zero-order valence-electron chi connectivity index (χ0n) is 10.3. The predicted molar refractivity (Wildman–Crippen MR) is 78.8 cm³/mol. The van der Waals surface area contributed by atoms with Crippen LogP contribution in [-0.4, -0.2) is 16.8 Å². The molecule has 0 aliphatic heterocycles. The van der Waals surface area contributed by atoms with Crippen molar-refractivity contribution >= 4 is 37.8 Å². The summed E-state index contributed by atoms with van der Waals surface area (Å²) in [6.07, 6.45) is 0.891. The molecular weight excluding hydrogens is 346 g/mol. The zero-order valence-corrected chi connectivity index (χ0v) is 13.5. The summed E-state index contributed by atoms with van der Waals surface area (Å²) in [5.74, 6) is -0.0356. The molecule has 1 aromatic rings. The van der Waals surface area contributed by atoms with Gasteiger partial charge in [-0.15, -0.1) is 0 Å². The summed E-state index contributed by atoms with van der Waals surface area (Å²) in [6.45, 7) is 6.02.